The first-order chi connectivity index (χ1) is 7.14. The standard InChI is InChI=1S/C12H19NO2/c1-12(2,9-14)13-10-15-8-11-6-4-3-5-7-11/h3-7,13-14H,8-10H2,1-2H3. The summed E-state index contributed by atoms with van der Waals surface area (Å²) < 4.78 is 5.44. The number of aliphatic hydroxyl groups is 1. The van der Waals surface area contributed by atoms with E-state index in [0.29, 0.717) is 13.3 Å². The van der Waals surface area contributed by atoms with Crippen LogP contribution in [-0.2, 0) is 11.3 Å². The van der Waals surface area contributed by atoms with Crippen molar-refractivity contribution in [3.05, 3.63) is 35.9 Å². The summed E-state index contributed by atoms with van der Waals surface area (Å²) in [6.45, 7) is 5.00. The van der Waals surface area contributed by atoms with E-state index < -0.39 is 0 Å². The lowest BCUT2D eigenvalue weighted by Crippen LogP contribution is -2.43. The fourth-order valence-electron chi connectivity index (χ4n) is 1.05. The van der Waals surface area contributed by atoms with Gasteiger partial charge in [-0.3, -0.25) is 5.32 Å². The Labute approximate surface area is 91.1 Å². The van der Waals surface area contributed by atoms with E-state index in [2.05, 4.69) is 5.32 Å². The van der Waals surface area contributed by atoms with Gasteiger partial charge in [-0.05, 0) is 19.4 Å². The van der Waals surface area contributed by atoms with Gasteiger partial charge in [-0.1, -0.05) is 30.3 Å². The van der Waals surface area contributed by atoms with Crippen LogP contribution >= 0.6 is 0 Å². The maximum atomic E-state index is 8.99. The molecule has 0 atom stereocenters. The Bertz CT molecular complexity index is 272. The predicted octanol–water partition coefficient (Wildman–Crippen LogP) is 1.52. The first-order valence-corrected chi connectivity index (χ1v) is 5.11. The van der Waals surface area contributed by atoms with Gasteiger partial charge < -0.3 is 9.84 Å². The zero-order valence-corrected chi connectivity index (χ0v) is 9.36. The van der Waals surface area contributed by atoms with Crippen molar-refractivity contribution in [2.45, 2.75) is 26.0 Å². The quantitative estimate of drug-likeness (QED) is 0.551. The third-order valence-electron chi connectivity index (χ3n) is 2.16. The first kappa shape index (κ1) is 12.2. The number of benzene rings is 1. The third kappa shape index (κ3) is 4.93. The van der Waals surface area contributed by atoms with Crippen LogP contribution in [0.15, 0.2) is 30.3 Å². The van der Waals surface area contributed by atoms with E-state index in [1.54, 1.807) is 0 Å². The Morgan fingerprint density at radius 2 is 1.93 bits per heavy atom. The maximum absolute atomic E-state index is 8.99. The molecule has 2 N–H and O–H groups in total. The van der Waals surface area contributed by atoms with Crippen LogP contribution in [0.1, 0.15) is 19.4 Å². The molecule has 0 aliphatic heterocycles. The largest absolute Gasteiger partial charge is 0.394 e. The average Bonchev–Trinajstić information content (AvgIpc) is 2.26. The van der Waals surface area contributed by atoms with Crippen LogP contribution in [0.5, 0.6) is 0 Å². The lowest BCUT2D eigenvalue weighted by atomic mass is 10.1. The van der Waals surface area contributed by atoms with Gasteiger partial charge in [0.05, 0.1) is 19.9 Å². The van der Waals surface area contributed by atoms with Gasteiger partial charge in [0.15, 0.2) is 0 Å². The zero-order valence-electron chi connectivity index (χ0n) is 9.36. The van der Waals surface area contributed by atoms with Crippen LogP contribution in [0.3, 0.4) is 0 Å². The minimum absolute atomic E-state index is 0.0989. The van der Waals surface area contributed by atoms with E-state index in [-0.39, 0.29) is 12.1 Å². The topological polar surface area (TPSA) is 41.5 Å². The van der Waals surface area contributed by atoms with Crippen molar-refractivity contribution in [2.24, 2.45) is 0 Å². The first-order valence-electron chi connectivity index (χ1n) is 5.11. The number of rotatable bonds is 6. The number of hydrogen-bond donors (Lipinski definition) is 2. The van der Waals surface area contributed by atoms with Crippen molar-refractivity contribution < 1.29 is 9.84 Å². The van der Waals surface area contributed by atoms with E-state index in [0.717, 1.165) is 5.56 Å². The highest BCUT2D eigenvalue weighted by Gasteiger charge is 2.14. The van der Waals surface area contributed by atoms with Crippen LogP contribution in [0.25, 0.3) is 0 Å². The molecule has 0 radical (unpaired) electrons. The summed E-state index contributed by atoms with van der Waals surface area (Å²) in [7, 11) is 0. The molecule has 1 aromatic rings. The van der Waals surface area contributed by atoms with E-state index in [1.807, 2.05) is 44.2 Å². The van der Waals surface area contributed by atoms with Crippen molar-refractivity contribution in [2.75, 3.05) is 13.3 Å². The summed E-state index contributed by atoms with van der Waals surface area (Å²) in [4.78, 5) is 0. The Kier molecular flexibility index (Phi) is 4.75. The number of ether oxygens (including phenoxy) is 1. The minimum atomic E-state index is -0.281. The minimum Gasteiger partial charge on any atom is -0.394 e. The molecule has 3 heteroatoms. The molecule has 0 bridgehead atoms. The van der Waals surface area contributed by atoms with Crippen molar-refractivity contribution >= 4 is 0 Å². The van der Waals surface area contributed by atoms with Gasteiger partial charge in [0.1, 0.15) is 0 Å². The van der Waals surface area contributed by atoms with Crippen LogP contribution in [0.4, 0.5) is 0 Å². The number of nitrogens with one attached hydrogen (secondary N) is 1. The normalized spacial score (nSPS) is 11.7. The summed E-state index contributed by atoms with van der Waals surface area (Å²) in [6.07, 6.45) is 0. The molecule has 0 unspecified atom stereocenters. The Balaban J connectivity index is 2.18. The molecule has 1 aromatic carbocycles. The molecule has 0 aromatic heterocycles. The fourth-order valence-corrected chi connectivity index (χ4v) is 1.05. The summed E-state index contributed by atoms with van der Waals surface area (Å²) in [5, 5.41) is 12.1. The monoisotopic (exact) mass is 209 g/mol. The molecular formula is C12H19NO2. The van der Waals surface area contributed by atoms with Gasteiger partial charge in [0.2, 0.25) is 0 Å². The van der Waals surface area contributed by atoms with Crippen molar-refractivity contribution in [1.29, 1.82) is 0 Å². The summed E-state index contributed by atoms with van der Waals surface area (Å²) >= 11 is 0. The second kappa shape index (κ2) is 5.85. The highest BCUT2D eigenvalue weighted by molar-refractivity contribution is 5.13. The van der Waals surface area contributed by atoms with Crippen LogP contribution < -0.4 is 5.32 Å². The molecule has 15 heavy (non-hydrogen) atoms. The third-order valence-corrected chi connectivity index (χ3v) is 2.16. The molecule has 3 nitrogen and oxygen atoms in total. The van der Waals surface area contributed by atoms with E-state index in [1.165, 1.54) is 0 Å². The van der Waals surface area contributed by atoms with Gasteiger partial charge in [-0.2, -0.15) is 0 Å². The highest BCUT2D eigenvalue weighted by atomic mass is 16.5. The number of aliphatic hydroxyl groups excluding tert-OH is 1. The van der Waals surface area contributed by atoms with E-state index in [9.17, 15) is 0 Å². The fraction of sp³-hybridized carbons (Fsp3) is 0.500. The second-order valence-corrected chi connectivity index (χ2v) is 4.20. The zero-order chi connectivity index (χ0) is 11.1. The van der Waals surface area contributed by atoms with E-state index >= 15 is 0 Å². The maximum Gasteiger partial charge on any atom is 0.0974 e. The van der Waals surface area contributed by atoms with Gasteiger partial charge in [0, 0.05) is 5.54 Å². The predicted molar refractivity (Wildman–Crippen MR) is 60.4 cm³/mol. The molecule has 84 valence electrons. The lowest BCUT2D eigenvalue weighted by molar-refractivity contribution is 0.0680. The Hall–Kier alpha value is -0.900. The lowest BCUT2D eigenvalue weighted by Gasteiger charge is -2.23. The van der Waals surface area contributed by atoms with Crippen molar-refractivity contribution in [3.63, 3.8) is 0 Å². The summed E-state index contributed by atoms with van der Waals surface area (Å²) in [6, 6.07) is 10.0. The molecule has 0 heterocycles. The smallest absolute Gasteiger partial charge is 0.0974 e. The van der Waals surface area contributed by atoms with Gasteiger partial charge >= 0.3 is 0 Å². The average molecular weight is 209 g/mol. The molecule has 0 aliphatic rings. The molecule has 1 rings (SSSR count). The molecule has 0 aliphatic carbocycles. The van der Waals surface area contributed by atoms with Crippen molar-refractivity contribution in [3.8, 4) is 0 Å². The molecular weight excluding hydrogens is 190 g/mol. The van der Waals surface area contributed by atoms with E-state index in [4.69, 9.17) is 9.84 Å². The molecule has 0 amide bonds. The van der Waals surface area contributed by atoms with Crippen molar-refractivity contribution in [1.82, 2.24) is 5.32 Å². The molecule has 0 saturated carbocycles. The second-order valence-electron chi connectivity index (χ2n) is 4.20. The Morgan fingerprint density at radius 1 is 1.27 bits per heavy atom. The van der Waals surface area contributed by atoms with Gasteiger partial charge in [0.25, 0.3) is 0 Å². The molecule has 0 fully saturated rings. The van der Waals surface area contributed by atoms with Crippen LogP contribution in [0.2, 0.25) is 0 Å². The SMILES string of the molecule is CC(C)(CO)NCOCc1ccccc1. The Morgan fingerprint density at radius 3 is 2.53 bits per heavy atom. The summed E-state index contributed by atoms with van der Waals surface area (Å²) in [5.74, 6) is 0. The van der Waals surface area contributed by atoms with Crippen LogP contribution in [0, 0.1) is 0 Å². The summed E-state index contributed by atoms with van der Waals surface area (Å²) in [5.41, 5.74) is 0.873. The van der Waals surface area contributed by atoms with Gasteiger partial charge in [-0.15, -0.1) is 0 Å². The highest BCUT2D eigenvalue weighted by Crippen LogP contribution is 2.02. The molecule has 0 spiro atoms. The molecule has 0 saturated heterocycles. The number of hydrogen-bond acceptors (Lipinski definition) is 3. The van der Waals surface area contributed by atoms with Crippen LogP contribution in [-0.4, -0.2) is 24.0 Å². The van der Waals surface area contributed by atoms with Gasteiger partial charge in [-0.25, -0.2) is 0 Å².